The molecule has 3 nitrogen and oxygen atoms in total. The van der Waals surface area contributed by atoms with Crippen LogP contribution in [-0.4, -0.2) is 17.3 Å². The fraction of sp³-hybridized carbons (Fsp3) is 0.333. The molecule has 0 fully saturated rings. The van der Waals surface area contributed by atoms with Gasteiger partial charge in [-0.25, -0.2) is 0 Å². The summed E-state index contributed by atoms with van der Waals surface area (Å²) in [4.78, 5) is 0. The van der Waals surface area contributed by atoms with Crippen molar-refractivity contribution in [2.75, 3.05) is 6.61 Å². The van der Waals surface area contributed by atoms with Crippen LogP contribution >= 0.6 is 11.6 Å². The van der Waals surface area contributed by atoms with Gasteiger partial charge in [0.25, 0.3) is 0 Å². The Kier molecular flexibility index (Phi) is 5.83. The fourth-order valence-corrected chi connectivity index (χ4v) is 2.14. The van der Waals surface area contributed by atoms with E-state index in [1.807, 2.05) is 62.4 Å². The highest BCUT2D eigenvalue weighted by molar-refractivity contribution is 6.31. The Morgan fingerprint density at radius 3 is 2.36 bits per heavy atom. The summed E-state index contributed by atoms with van der Waals surface area (Å²) < 4.78 is 5.92. The Labute approximate surface area is 136 Å². The molecule has 0 heterocycles. The predicted octanol–water partition coefficient (Wildman–Crippen LogP) is 3.78. The Morgan fingerprint density at radius 2 is 1.68 bits per heavy atom. The molecule has 0 bridgehead atoms. The average Bonchev–Trinajstić information content (AvgIpc) is 2.53. The van der Waals surface area contributed by atoms with Gasteiger partial charge in [-0.3, -0.25) is 0 Å². The second-order valence-electron chi connectivity index (χ2n) is 5.88. The molecule has 118 valence electrons. The van der Waals surface area contributed by atoms with Crippen molar-refractivity contribution in [2.45, 2.75) is 32.5 Å². The lowest BCUT2D eigenvalue weighted by Crippen LogP contribution is -2.42. The summed E-state index contributed by atoms with van der Waals surface area (Å²) in [7, 11) is 0. The maximum atomic E-state index is 9.32. The molecule has 0 spiro atoms. The van der Waals surface area contributed by atoms with Crippen LogP contribution in [0.2, 0.25) is 5.02 Å². The minimum Gasteiger partial charge on any atom is -0.489 e. The normalized spacial score (nSPS) is 11.5. The van der Waals surface area contributed by atoms with E-state index in [0.717, 1.165) is 16.9 Å². The number of nitrogens with one attached hydrogen (secondary N) is 1. The van der Waals surface area contributed by atoms with E-state index in [2.05, 4.69) is 5.32 Å². The number of aliphatic hydroxyl groups is 1. The molecule has 0 unspecified atom stereocenters. The second-order valence-corrected chi connectivity index (χ2v) is 6.29. The lowest BCUT2D eigenvalue weighted by molar-refractivity contribution is 0.186. The number of aliphatic hydroxyl groups excluding tert-OH is 1. The van der Waals surface area contributed by atoms with Crippen LogP contribution in [0.5, 0.6) is 5.75 Å². The van der Waals surface area contributed by atoms with Crippen LogP contribution in [0, 0.1) is 0 Å². The lowest BCUT2D eigenvalue weighted by Gasteiger charge is -2.24. The van der Waals surface area contributed by atoms with Crippen molar-refractivity contribution in [3.8, 4) is 5.75 Å². The maximum absolute atomic E-state index is 9.32. The zero-order chi connectivity index (χ0) is 16.0. The van der Waals surface area contributed by atoms with Crippen LogP contribution < -0.4 is 10.1 Å². The highest BCUT2D eigenvalue weighted by Crippen LogP contribution is 2.22. The van der Waals surface area contributed by atoms with Crippen LogP contribution in [0.1, 0.15) is 25.0 Å². The molecule has 0 aliphatic heterocycles. The first kappa shape index (κ1) is 16.8. The van der Waals surface area contributed by atoms with Crippen molar-refractivity contribution in [2.24, 2.45) is 0 Å². The number of rotatable bonds is 7. The molecule has 22 heavy (non-hydrogen) atoms. The predicted molar refractivity (Wildman–Crippen MR) is 90.2 cm³/mol. The summed E-state index contributed by atoms with van der Waals surface area (Å²) in [6.07, 6.45) is 0. The largest absolute Gasteiger partial charge is 0.489 e. The molecule has 0 amide bonds. The molecule has 2 aromatic carbocycles. The summed E-state index contributed by atoms with van der Waals surface area (Å²) in [5, 5.41) is 13.3. The average molecular weight is 320 g/mol. The molecule has 2 rings (SSSR count). The van der Waals surface area contributed by atoms with E-state index in [1.165, 1.54) is 0 Å². The summed E-state index contributed by atoms with van der Waals surface area (Å²) in [6.45, 7) is 5.06. The first-order chi connectivity index (χ1) is 10.5. The van der Waals surface area contributed by atoms with Gasteiger partial charge in [0.1, 0.15) is 12.4 Å². The van der Waals surface area contributed by atoms with Gasteiger partial charge in [-0.1, -0.05) is 48.0 Å². The molecule has 0 aliphatic rings. The maximum Gasteiger partial charge on any atom is 0.124 e. The van der Waals surface area contributed by atoms with Crippen molar-refractivity contribution in [1.82, 2.24) is 5.32 Å². The van der Waals surface area contributed by atoms with Gasteiger partial charge in [0.2, 0.25) is 0 Å². The van der Waals surface area contributed by atoms with Crippen LogP contribution in [-0.2, 0) is 13.2 Å². The van der Waals surface area contributed by atoms with Gasteiger partial charge in [-0.2, -0.15) is 0 Å². The molecule has 2 aromatic rings. The van der Waals surface area contributed by atoms with Gasteiger partial charge in [0, 0.05) is 28.2 Å². The molecule has 0 aromatic heterocycles. The van der Waals surface area contributed by atoms with Crippen LogP contribution in [0.15, 0.2) is 48.5 Å². The monoisotopic (exact) mass is 319 g/mol. The Balaban J connectivity index is 2.04. The van der Waals surface area contributed by atoms with Gasteiger partial charge in [0.15, 0.2) is 0 Å². The molecular weight excluding hydrogens is 298 g/mol. The summed E-state index contributed by atoms with van der Waals surface area (Å²) in [5.74, 6) is 0.823. The standard InChI is InChI=1S/C18H22ClNO2/c1-18(2,13-21)20-11-14-7-4-6-10-17(14)22-12-15-8-3-5-9-16(15)19/h3-10,20-21H,11-13H2,1-2H3. The smallest absolute Gasteiger partial charge is 0.124 e. The lowest BCUT2D eigenvalue weighted by atomic mass is 10.1. The summed E-state index contributed by atoms with van der Waals surface area (Å²) in [5.41, 5.74) is 1.69. The quantitative estimate of drug-likeness (QED) is 0.816. The summed E-state index contributed by atoms with van der Waals surface area (Å²) in [6, 6.07) is 15.5. The second kappa shape index (κ2) is 7.63. The highest BCUT2D eigenvalue weighted by Gasteiger charge is 2.16. The molecule has 0 saturated carbocycles. The SMILES string of the molecule is CC(C)(CO)NCc1ccccc1OCc1ccccc1Cl. The Bertz CT molecular complexity index is 614. The van der Waals surface area contributed by atoms with Crippen molar-refractivity contribution in [3.63, 3.8) is 0 Å². The van der Waals surface area contributed by atoms with Crippen molar-refractivity contribution >= 4 is 11.6 Å². The van der Waals surface area contributed by atoms with Crippen LogP contribution in [0.3, 0.4) is 0 Å². The van der Waals surface area contributed by atoms with E-state index < -0.39 is 0 Å². The Hall–Kier alpha value is -1.55. The van der Waals surface area contributed by atoms with E-state index in [0.29, 0.717) is 18.2 Å². The molecule has 0 radical (unpaired) electrons. The number of ether oxygens (including phenoxy) is 1. The zero-order valence-corrected chi connectivity index (χ0v) is 13.7. The molecule has 0 atom stereocenters. The minimum absolute atomic E-state index is 0.0790. The topological polar surface area (TPSA) is 41.5 Å². The van der Waals surface area contributed by atoms with Crippen LogP contribution in [0.25, 0.3) is 0 Å². The van der Waals surface area contributed by atoms with E-state index >= 15 is 0 Å². The third kappa shape index (κ3) is 4.73. The number of hydrogen-bond acceptors (Lipinski definition) is 3. The van der Waals surface area contributed by atoms with E-state index in [4.69, 9.17) is 16.3 Å². The van der Waals surface area contributed by atoms with Gasteiger partial charge in [-0.15, -0.1) is 0 Å². The van der Waals surface area contributed by atoms with Gasteiger partial charge in [-0.05, 0) is 26.0 Å². The number of benzene rings is 2. The van der Waals surface area contributed by atoms with Crippen molar-refractivity contribution in [1.29, 1.82) is 0 Å². The third-order valence-corrected chi connectivity index (χ3v) is 3.84. The van der Waals surface area contributed by atoms with Gasteiger partial charge in [0.05, 0.1) is 6.61 Å². The van der Waals surface area contributed by atoms with Gasteiger partial charge >= 0.3 is 0 Å². The Morgan fingerprint density at radius 1 is 1.05 bits per heavy atom. The molecular formula is C18H22ClNO2. The van der Waals surface area contributed by atoms with E-state index in [-0.39, 0.29) is 12.1 Å². The van der Waals surface area contributed by atoms with Crippen LogP contribution in [0.4, 0.5) is 0 Å². The first-order valence-corrected chi connectivity index (χ1v) is 7.69. The molecule has 2 N–H and O–H groups in total. The third-order valence-electron chi connectivity index (χ3n) is 3.47. The van der Waals surface area contributed by atoms with Crippen molar-refractivity contribution < 1.29 is 9.84 Å². The number of halogens is 1. The van der Waals surface area contributed by atoms with Crippen molar-refractivity contribution in [3.05, 3.63) is 64.7 Å². The van der Waals surface area contributed by atoms with Gasteiger partial charge < -0.3 is 15.2 Å². The minimum atomic E-state index is -0.324. The first-order valence-electron chi connectivity index (χ1n) is 7.32. The highest BCUT2D eigenvalue weighted by atomic mass is 35.5. The molecule has 0 aliphatic carbocycles. The summed E-state index contributed by atoms with van der Waals surface area (Å²) >= 11 is 6.15. The fourth-order valence-electron chi connectivity index (χ4n) is 1.95. The number of para-hydroxylation sites is 1. The molecule has 0 saturated heterocycles. The van der Waals surface area contributed by atoms with E-state index in [1.54, 1.807) is 0 Å². The molecule has 4 heteroatoms. The van der Waals surface area contributed by atoms with E-state index in [9.17, 15) is 5.11 Å². The number of hydrogen-bond donors (Lipinski definition) is 2. The zero-order valence-electron chi connectivity index (χ0n) is 13.0.